The molecule has 0 aliphatic carbocycles. The predicted molar refractivity (Wildman–Crippen MR) is 45.4 cm³/mol. The molecule has 6 heteroatoms. The standard InChI is InChI=1S/C6H5BBrF3N/c1-4-5(7(9,10)11)2-3-6(8)12-4/h2-3H,1H3/q-1. The van der Waals surface area contributed by atoms with Gasteiger partial charge in [0.2, 0.25) is 0 Å². The number of nitrogens with zero attached hydrogens (tertiary/aromatic N) is 1. The molecule has 0 aromatic carbocycles. The van der Waals surface area contributed by atoms with Crippen LogP contribution in [0.5, 0.6) is 0 Å². The molecule has 0 N–H and O–H groups in total. The Labute approximate surface area is 76.2 Å². The summed E-state index contributed by atoms with van der Waals surface area (Å²) in [5.74, 6) is 0. The molecule has 12 heavy (non-hydrogen) atoms. The minimum atomic E-state index is -4.93. The molecule has 0 atom stereocenters. The van der Waals surface area contributed by atoms with Gasteiger partial charge in [0.25, 0.3) is 0 Å². The normalized spacial score (nSPS) is 11.8. The van der Waals surface area contributed by atoms with Gasteiger partial charge in [0.05, 0.1) is 0 Å². The van der Waals surface area contributed by atoms with Crippen molar-refractivity contribution in [3.8, 4) is 0 Å². The highest BCUT2D eigenvalue weighted by atomic mass is 79.9. The van der Waals surface area contributed by atoms with E-state index in [2.05, 4.69) is 20.9 Å². The van der Waals surface area contributed by atoms with Crippen LogP contribution in [-0.2, 0) is 0 Å². The van der Waals surface area contributed by atoms with Gasteiger partial charge in [-0.3, -0.25) is 0 Å². The van der Waals surface area contributed by atoms with Crippen molar-refractivity contribution < 1.29 is 12.9 Å². The Morgan fingerprint density at radius 1 is 1.33 bits per heavy atom. The Kier molecular flexibility index (Phi) is 2.46. The summed E-state index contributed by atoms with van der Waals surface area (Å²) in [6, 6.07) is 2.32. The Morgan fingerprint density at radius 2 is 1.92 bits per heavy atom. The summed E-state index contributed by atoms with van der Waals surface area (Å²) in [5, 5.41) is 0. The maximum atomic E-state index is 12.2. The SMILES string of the molecule is Cc1nc(Br)ccc1[B-](F)(F)F. The Balaban J connectivity index is 3.19. The number of halogens is 4. The third-order valence-corrected chi connectivity index (χ3v) is 1.89. The van der Waals surface area contributed by atoms with E-state index in [1.807, 2.05) is 0 Å². The number of rotatable bonds is 1. The number of hydrogen-bond acceptors (Lipinski definition) is 1. The van der Waals surface area contributed by atoms with E-state index >= 15 is 0 Å². The molecule has 1 rings (SSSR count). The molecular weight excluding hydrogens is 234 g/mol. The summed E-state index contributed by atoms with van der Waals surface area (Å²) in [5.41, 5.74) is -0.616. The van der Waals surface area contributed by atoms with Crippen molar-refractivity contribution in [2.45, 2.75) is 6.92 Å². The number of hydrogen-bond donors (Lipinski definition) is 0. The van der Waals surface area contributed by atoms with Gasteiger partial charge in [-0.2, -0.15) is 0 Å². The van der Waals surface area contributed by atoms with Gasteiger partial charge >= 0.3 is 6.98 Å². The van der Waals surface area contributed by atoms with Crippen LogP contribution in [0.15, 0.2) is 16.7 Å². The zero-order valence-corrected chi connectivity index (χ0v) is 7.78. The highest BCUT2D eigenvalue weighted by molar-refractivity contribution is 9.10. The van der Waals surface area contributed by atoms with Gasteiger partial charge in [-0.15, -0.1) is 0 Å². The molecular formula is C6H5BBrF3N-. The first kappa shape index (κ1) is 9.57. The van der Waals surface area contributed by atoms with Crippen molar-refractivity contribution in [3.63, 3.8) is 0 Å². The molecule has 0 aliphatic rings. The van der Waals surface area contributed by atoms with Gasteiger partial charge in [0, 0.05) is 5.69 Å². The van der Waals surface area contributed by atoms with E-state index in [0.29, 0.717) is 4.60 Å². The molecule has 0 radical (unpaired) electrons. The summed E-state index contributed by atoms with van der Waals surface area (Å²) < 4.78 is 37.0. The first-order valence-electron chi connectivity index (χ1n) is 3.24. The monoisotopic (exact) mass is 238 g/mol. The maximum Gasteiger partial charge on any atom is 0.511 e. The number of aromatic nitrogens is 1. The average molecular weight is 239 g/mol. The zero-order chi connectivity index (χ0) is 9.35. The van der Waals surface area contributed by atoms with Crippen LogP contribution in [0.2, 0.25) is 0 Å². The second-order valence-corrected chi connectivity index (χ2v) is 3.20. The highest BCUT2D eigenvalue weighted by Crippen LogP contribution is 2.12. The van der Waals surface area contributed by atoms with Crippen molar-refractivity contribution in [2.24, 2.45) is 0 Å². The lowest BCUT2D eigenvalue weighted by molar-refractivity contribution is 0.500. The molecule has 1 heterocycles. The molecule has 66 valence electrons. The fraction of sp³-hybridized carbons (Fsp3) is 0.167. The summed E-state index contributed by atoms with van der Waals surface area (Å²) in [7, 11) is 0. The second kappa shape index (κ2) is 3.09. The molecule has 0 spiro atoms. The Morgan fingerprint density at radius 3 is 2.33 bits per heavy atom. The second-order valence-electron chi connectivity index (χ2n) is 2.38. The van der Waals surface area contributed by atoms with Crippen molar-refractivity contribution >= 4 is 28.4 Å². The van der Waals surface area contributed by atoms with Crippen LogP contribution in [0.1, 0.15) is 5.69 Å². The topological polar surface area (TPSA) is 12.9 Å². The zero-order valence-electron chi connectivity index (χ0n) is 6.19. The van der Waals surface area contributed by atoms with E-state index in [1.54, 1.807) is 0 Å². The molecule has 0 amide bonds. The van der Waals surface area contributed by atoms with Gasteiger partial charge in [0.1, 0.15) is 4.60 Å². The van der Waals surface area contributed by atoms with Crippen LogP contribution >= 0.6 is 15.9 Å². The Bertz CT molecular complexity index is 299. The molecule has 1 aromatic rings. The van der Waals surface area contributed by atoms with Gasteiger partial charge in [-0.1, -0.05) is 11.5 Å². The predicted octanol–water partition coefficient (Wildman–Crippen LogP) is 2.21. The minimum absolute atomic E-state index is 0.0110. The van der Waals surface area contributed by atoms with Crippen LogP contribution in [0, 0.1) is 6.92 Å². The fourth-order valence-electron chi connectivity index (χ4n) is 0.887. The van der Waals surface area contributed by atoms with E-state index in [1.165, 1.54) is 13.0 Å². The lowest BCUT2D eigenvalue weighted by Gasteiger charge is -2.16. The van der Waals surface area contributed by atoms with E-state index in [9.17, 15) is 12.9 Å². The van der Waals surface area contributed by atoms with Crippen molar-refractivity contribution in [3.05, 3.63) is 22.4 Å². The van der Waals surface area contributed by atoms with Crippen molar-refractivity contribution in [1.29, 1.82) is 0 Å². The molecule has 0 aliphatic heterocycles. The van der Waals surface area contributed by atoms with E-state index in [0.717, 1.165) is 6.07 Å². The van der Waals surface area contributed by atoms with E-state index in [4.69, 9.17) is 0 Å². The third-order valence-electron chi connectivity index (χ3n) is 1.45. The summed E-state index contributed by atoms with van der Waals surface area (Å²) in [6.07, 6.45) is 0. The molecule has 0 saturated carbocycles. The van der Waals surface area contributed by atoms with Gasteiger partial charge < -0.3 is 12.9 Å². The largest absolute Gasteiger partial charge is 0.511 e. The fourth-order valence-corrected chi connectivity index (χ4v) is 1.29. The first-order chi connectivity index (χ1) is 5.41. The molecule has 0 bridgehead atoms. The van der Waals surface area contributed by atoms with Crippen LogP contribution in [0.3, 0.4) is 0 Å². The van der Waals surface area contributed by atoms with Crippen LogP contribution < -0.4 is 5.46 Å². The summed E-state index contributed by atoms with van der Waals surface area (Å²) in [4.78, 5) is 3.65. The lowest BCUT2D eigenvalue weighted by atomic mass is 9.79. The van der Waals surface area contributed by atoms with Crippen molar-refractivity contribution in [2.75, 3.05) is 0 Å². The van der Waals surface area contributed by atoms with Gasteiger partial charge in [0.15, 0.2) is 0 Å². The van der Waals surface area contributed by atoms with Crippen molar-refractivity contribution in [1.82, 2.24) is 4.98 Å². The highest BCUT2D eigenvalue weighted by Gasteiger charge is 2.27. The quantitative estimate of drug-likeness (QED) is 0.540. The smallest absolute Gasteiger partial charge is 0.445 e. The van der Waals surface area contributed by atoms with Crippen LogP contribution in [-0.4, -0.2) is 12.0 Å². The number of pyridine rings is 1. The van der Waals surface area contributed by atoms with Crippen LogP contribution in [0.25, 0.3) is 0 Å². The molecule has 1 nitrogen and oxygen atoms in total. The Hall–Kier alpha value is -0.515. The lowest BCUT2D eigenvalue weighted by Crippen LogP contribution is -2.36. The first-order valence-corrected chi connectivity index (χ1v) is 4.03. The molecule has 0 saturated heterocycles. The minimum Gasteiger partial charge on any atom is -0.445 e. The number of aryl methyl sites for hydroxylation is 1. The van der Waals surface area contributed by atoms with Gasteiger partial charge in [-0.25, -0.2) is 4.98 Å². The molecule has 1 aromatic heterocycles. The summed E-state index contributed by atoms with van der Waals surface area (Å²) >= 11 is 2.99. The molecule has 0 unspecified atom stereocenters. The maximum absolute atomic E-state index is 12.2. The van der Waals surface area contributed by atoms with E-state index in [-0.39, 0.29) is 5.69 Å². The average Bonchev–Trinajstić information content (AvgIpc) is 1.83. The van der Waals surface area contributed by atoms with Crippen LogP contribution in [0.4, 0.5) is 12.9 Å². The third kappa shape index (κ3) is 2.00. The summed E-state index contributed by atoms with van der Waals surface area (Å²) in [6.45, 7) is -3.58. The molecule has 0 fully saturated rings. The van der Waals surface area contributed by atoms with Gasteiger partial charge in [-0.05, 0) is 28.9 Å². The van der Waals surface area contributed by atoms with E-state index < -0.39 is 12.4 Å².